The van der Waals surface area contributed by atoms with Gasteiger partial charge in [-0.05, 0) is 25.3 Å². The molecule has 0 radical (unpaired) electrons. The first-order valence-electron chi connectivity index (χ1n) is 7.96. The van der Waals surface area contributed by atoms with E-state index in [1.165, 1.54) is 16.4 Å². The summed E-state index contributed by atoms with van der Waals surface area (Å²) in [6, 6.07) is 19.0. The van der Waals surface area contributed by atoms with Gasteiger partial charge in [-0.2, -0.15) is 5.10 Å². The second kappa shape index (κ2) is 8.16. The van der Waals surface area contributed by atoms with E-state index in [0.29, 0.717) is 15.6 Å². The molecule has 0 saturated heterocycles. The van der Waals surface area contributed by atoms with Crippen LogP contribution >= 0.6 is 24.0 Å². The minimum Gasteiger partial charge on any atom is -0.295 e. The van der Waals surface area contributed by atoms with Crippen LogP contribution in [-0.4, -0.2) is 26.1 Å². The number of hydrazone groups is 1. The number of para-hydroxylation sites is 1. The van der Waals surface area contributed by atoms with Crippen LogP contribution in [0.4, 0.5) is 0 Å². The SMILES string of the molecule is CSC(=S)N/N=C(\c1ccccc1)c1c(C)[nH]n(-c2ccccc2)c1=O. The highest BCUT2D eigenvalue weighted by Gasteiger charge is 2.19. The molecule has 0 amide bonds. The highest BCUT2D eigenvalue weighted by molar-refractivity contribution is 8.22. The zero-order chi connectivity index (χ0) is 18.5. The molecule has 0 fully saturated rings. The highest BCUT2D eigenvalue weighted by atomic mass is 32.2. The lowest BCUT2D eigenvalue weighted by molar-refractivity contribution is 0.835. The van der Waals surface area contributed by atoms with Gasteiger partial charge in [0.1, 0.15) is 5.71 Å². The summed E-state index contributed by atoms with van der Waals surface area (Å²) in [5, 5.41) is 7.57. The van der Waals surface area contributed by atoms with Gasteiger partial charge in [-0.15, -0.1) is 0 Å². The smallest absolute Gasteiger partial charge is 0.281 e. The average Bonchev–Trinajstić information content (AvgIpc) is 2.98. The molecule has 0 unspecified atom stereocenters. The third kappa shape index (κ3) is 3.79. The molecule has 3 rings (SSSR count). The molecular formula is C19H18N4OS2. The molecule has 5 nitrogen and oxygen atoms in total. The Morgan fingerprint density at radius 2 is 1.73 bits per heavy atom. The number of aromatic amines is 1. The van der Waals surface area contributed by atoms with Crippen LogP contribution < -0.4 is 11.0 Å². The van der Waals surface area contributed by atoms with Gasteiger partial charge in [-0.25, -0.2) is 4.68 Å². The van der Waals surface area contributed by atoms with Crippen molar-refractivity contribution in [1.82, 2.24) is 15.2 Å². The minimum atomic E-state index is -0.159. The van der Waals surface area contributed by atoms with Crippen molar-refractivity contribution < 1.29 is 0 Å². The number of aryl methyl sites for hydroxylation is 1. The van der Waals surface area contributed by atoms with E-state index in [-0.39, 0.29) is 5.56 Å². The molecule has 1 aromatic heterocycles. The molecule has 0 bridgehead atoms. The summed E-state index contributed by atoms with van der Waals surface area (Å²) in [6.45, 7) is 1.86. The Morgan fingerprint density at radius 1 is 1.12 bits per heavy atom. The summed E-state index contributed by atoms with van der Waals surface area (Å²) in [5.41, 5.74) is 6.10. The van der Waals surface area contributed by atoms with Gasteiger partial charge in [-0.3, -0.25) is 15.3 Å². The largest absolute Gasteiger partial charge is 0.295 e. The van der Waals surface area contributed by atoms with Crippen LogP contribution in [0.15, 0.2) is 70.6 Å². The van der Waals surface area contributed by atoms with Crippen LogP contribution in [0.3, 0.4) is 0 Å². The van der Waals surface area contributed by atoms with Crippen molar-refractivity contribution in [3.8, 4) is 5.69 Å². The van der Waals surface area contributed by atoms with Crippen molar-refractivity contribution in [2.75, 3.05) is 6.26 Å². The predicted octanol–water partition coefficient (Wildman–Crippen LogP) is 3.46. The molecule has 7 heteroatoms. The molecule has 0 saturated carbocycles. The van der Waals surface area contributed by atoms with E-state index in [4.69, 9.17) is 12.2 Å². The van der Waals surface area contributed by atoms with Gasteiger partial charge in [0, 0.05) is 11.3 Å². The van der Waals surface area contributed by atoms with Gasteiger partial charge in [0.05, 0.1) is 11.3 Å². The van der Waals surface area contributed by atoms with E-state index in [9.17, 15) is 4.79 Å². The van der Waals surface area contributed by atoms with E-state index in [0.717, 1.165) is 16.9 Å². The number of nitrogens with one attached hydrogen (secondary N) is 2. The Labute approximate surface area is 161 Å². The van der Waals surface area contributed by atoms with Crippen LogP contribution in [0.5, 0.6) is 0 Å². The van der Waals surface area contributed by atoms with Gasteiger partial charge in [-0.1, -0.05) is 72.5 Å². The molecule has 26 heavy (non-hydrogen) atoms. The number of H-pyrrole nitrogens is 1. The van der Waals surface area contributed by atoms with Crippen LogP contribution in [0.2, 0.25) is 0 Å². The van der Waals surface area contributed by atoms with E-state index in [1.54, 1.807) is 0 Å². The Kier molecular flexibility index (Phi) is 5.70. The fraction of sp³-hybridized carbons (Fsp3) is 0.105. The fourth-order valence-corrected chi connectivity index (χ4v) is 2.77. The molecule has 3 aromatic rings. The van der Waals surface area contributed by atoms with Crippen molar-refractivity contribution >= 4 is 34.0 Å². The minimum absolute atomic E-state index is 0.159. The standard InChI is InChI=1S/C19H18N4OS2/c1-13-16(18(24)23(22-13)15-11-7-4-8-12-15)17(20-21-19(25)26-2)14-9-5-3-6-10-14/h3-12,22H,1-2H3,(H,21,25)/b20-17+. The quantitative estimate of drug-likeness (QED) is 0.412. The summed E-state index contributed by atoms with van der Waals surface area (Å²) < 4.78 is 2.06. The van der Waals surface area contributed by atoms with Gasteiger partial charge >= 0.3 is 0 Å². The third-order valence-electron chi connectivity index (χ3n) is 3.81. The van der Waals surface area contributed by atoms with Gasteiger partial charge in [0.15, 0.2) is 4.32 Å². The lowest BCUT2D eigenvalue weighted by Gasteiger charge is -2.06. The zero-order valence-electron chi connectivity index (χ0n) is 14.4. The summed E-state index contributed by atoms with van der Waals surface area (Å²) >= 11 is 6.56. The highest BCUT2D eigenvalue weighted by Crippen LogP contribution is 2.13. The van der Waals surface area contributed by atoms with Crippen LogP contribution in [0.1, 0.15) is 16.8 Å². The van der Waals surface area contributed by atoms with Crippen molar-refractivity contribution in [2.24, 2.45) is 5.10 Å². The third-order valence-corrected chi connectivity index (χ3v) is 4.87. The number of hydrogen-bond donors (Lipinski definition) is 2. The van der Waals surface area contributed by atoms with Crippen LogP contribution in [0, 0.1) is 6.92 Å². The molecule has 0 aliphatic carbocycles. The normalized spacial score (nSPS) is 11.4. The molecule has 2 aromatic carbocycles. The summed E-state index contributed by atoms with van der Waals surface area (Å²) in [5.74, 6) is 0. The molecule has 0 atom stereocenters. The number of hydrogen-bond acceptors (Lipinski definition) is 4. The van der Waals surface area contributed by atoms with Crippen molar-refractivity contribution in [1.29, 1.82) is 0 Å². The van der Waals surface area contributed by atoms with Gasteiger partial charge in [0.2, 0.25) is 0 Å². The molecule has 0 spiro atoms. The van der Waals surface area contributed by atoms with E-state index >= 15 is 0 Å². The number of thiocarbonyl (C=S) groups is 1. The predicted molar refractivity (Wildman–Crippen MR) is 112 cm³/mol. The van der Waals surface area contributed by atoms with Gasteiger partial charge in [0.25, 0.3) is 5.56 Å². The lowest BCUT2D eigenvalue weighted by Crippen LogP contribution is -2.24. The molecule has 0 aliphatic heterocycles. The number of thioether (sulfide) groups is 1. The van der Waals surface area contributed by atoms with Crippen molar-refractivity contribution in [3.05, 3.63) is 87.8 Å². The van der Waals surface area contributed by atoms with E-state index in [1.807, 2.05) is 73.8 Å². The van der Waals surface area contributed by atoms with Crippen LogP contribution in [-0.2, 0) is 0 Å². The summed E-state index contributed by atoms with van der Waals surface area (Å²) in [4.78, 5) is 13.1. The monoisotopic (exact) mass is 382 g/mol. The maximum atomic E-state index is 13.1. The van der Waals surface area contributed by atoms with E-state index < -0.39 is 0 Å². The number of benzene rings is 2. The Morgan fingerprint density at radius 3 is 2.35 bits per heavy atom. The molecule has 0 aliphatic rings. The molecular weight excluding hydrogens is 364 g/mol. The average molecular weight is 383 g/mol. The topological polar surface area (TPSA) is 62.2 Å². The maximum absolute atomic E-state index is 13.1. The van der Waals surface area contributed by atoms with Crippen molar-refractivity contribution in [2.45, 2.75) is 6.92 Å². The van der Waals surface area contributed by atoms with Crippen LogP contribution in [0.25, 0.3) is 5.69 Å². The number of aromatic nitrogens is 2. The van der Waals surface area contributed by atoms with Crippen molar-refractivity contribution in [3.63, 3.8) is 0 Å². The maximum Gasteiger partial charge on any atom is 0.281 e. The summed E-state index contributed by atoms with van der Waals surface area (Å²) in [7, 11) is 0. The Hall–Kier alpha value is -2.64. The zero-order valence-corrected chi connectivity index (χ0v) is 16.0. The fourth-order valence-electron chi connectivity index (χ4n) is 2.59. The second-order valence-electron chi connectivity index (χ2n) is 5.52. The first-order valence-corrected chi connectivity index (χ1v) is 9.59. The van der Waals surface area contributed by atoms with Gasteiger partial charge < -0.3 is 0 Å². The number of rotatable bonds is 4. The lowest BCUT2D eigenvalue weighted by atomic mass is 10.0. The molecule has 2 N–H and O–H groups in total. The Balaban J connectivity index is 2.15. The number of nitrogens with zero attached hydrogens (tertiary/aromatic N) is 2. The second-order valence-corrected chi connectivity index (χ2v) is 7.00. The first-order chi connectivity index (χ1) is 12.6. The molecule has 132 valence electrons. The summed E-state index contributed by atoms with van der Waals surface area (Å²) in [6.07, 6.45) is 1.87. The Bertz CT molecular complexity index is 991. The molecule has 1 heterocycles. The first kappa shape index (κ1) is 18.2. The van der Waals surface area contributed by atoms with E-state index in [2.05, 4.69) is 15.6 Å².